The van der Waals surface area contributed by atoms with E-state index in [4.69, 9.17) is 4.74 Å². The molecule has 34 heavy (non-hydrogen) atoms. The Bertz CT molecular complexity index is 1290. The average Bonchev–Trinajstić information content (AvgIpc) is 3.10. The zero-order valence-electron chi connectivity index (χ0n) is 19.5. The minimum Gasteiger partial charge on any atom is -0.422 e. The summed E-state index contributed by atoms with van der Waals surface area (Å²) in [4.78, 5) is 36.0. The van der Waals surface area contributed by atoms with Gasteiger partial charge in [0.05, 0.1) is 16.2 Å². The number of aromatic nitrogens is 2. The number of carbonyl (C=O) groups excluding carboxylic acids is 2. The van der Waals surface area contributed by atoms with Crippen molar-refractivity contribution in [3.8, 4) is 5.75 Å². The van der Waals surface area contributed by atoms with Gasteiger partial charge in [0.2, 0.25) is 0 Å². The molecule has 1 aromatic heterocycles. The van der Waals surface area contributed by atoms with Gasteiger partial charge in [0.15, 0.2) is 0 Å². The summed E-state index contributed by atoms with van der Waals surface area (Å²) in [6.07, 6.45) is 0. The molecule has 3 aromatic rings. The van der Waals surface area contributed by atoms with E-state index in [1.165, 1.54) is 18.5 Å². The van der Waals surface area contributed by atoms with Gasteiger partial charge in [-0.15, -0.1) is 0 Å². The first kappa shape index (κ1) is 24.3. The first-order valence-electron chi connectivity index (χ1n) is 10.5. The van der Waals surface area contributed by atoms with Crippen LogP contribution in [0.15, 0.2) is 53.6 Å². The van der Waals surface area contributed by atoms with Gasteiger partial charge in [-0.1, -0.05) is 29.8 Å². The van der Waals surface area contributed by atoms with Gasteiger partial charge in [0, 0.05) is 5.56 Å². The summed E-state index contributed by atoms with van der Waals surface area (Å²) < 4.78 is 6.87. The third kappa shape index (κ3) is 5.17. The molecule has 0 radical (unpaired) electrons. The molecule has 176 valence electrons. The molecule has 0 fully saturated rings. The molecule has 0 aliphatic carbocycles. The number of hydrogen-bond donors (Lipinski definition) is 1. The molecule has 10 nitrogen and oxygen atoms in total. The van der Waals surface area contributed by atoms with E-state index >= 15 is 0 Å². The van der Waals surface area contributed by atoms with E-state index in [0.717, 1.165) is 5.56 Å². The van der Waals surface area contributed by atoms with Crippen LogP contribution in [0.2, 0.25) is 0 Å². The van der Waals surface area contributed by atoms with E-state index in [0.29, 0.717) is 22.6 Å². The Morgan fingerprint density at radius 2 is 1.85 bits per heavy atom. The number of carbonyl (C=O) groups is 2. The summed E-state index contributed by atoms with van der Waals surface area (Å²) in [5.74, 6) is -0.714. The van der Waals surface area contributed by atoms with Crippen molar-refractivity contribution in [1.82, 2.24) is 15.2 Å². The minimum absolute atomic E-state index is 0.122. The zero-order valence-corrected chi connectivity index (χ0v) is 19.5. The van der Waals surface area contributed by atoms with Crippen LogP contribution in [-0.4, -0.2) is 32.3 Å². The highest BCUT2D eigenvalue weighted by molar-refractivity contribution is 6.03. The van der Waals surface area contributed by atoms with Gasteiger partial charge < -0.3 is 4.74 Å². The van der Waals surface area contributed by atoms with Gasteiger partial charge in [0.1, 0.15) is 23.2 Å². The van der Waals surface area contributed by atoms with Gasteiger partial charge in [-0.2, -0.15) is 10.2 Å². The van der Waals surface area contributed by atoms with Crippen LogP contribution in [0.25, 0.3) is 0 Å². The minimum atomic E-state index is -0.835. The molecular weight excluding hydrogens is 438 g/mol. The smallest absolute Gasteiger partial charge is 0.343 e. The summed E-state index contributed by atoms with van der Waals surface area (Å²) >= 11 is 0. The maximum absolute atomic E-state index is 12.7. The van der Waals surface area contributed by atoms with E-state index in [1.807, 2.05) is 13.0 Å². The number of hydrogen-bond acceptors (Lipinski definition) is 7. The molecule has 0 spiro atoms. The predicted octanol–water partition coefficient (Wildman–Crippen LogP) is 4.04. The molecule has 0 saturated heterocycles. The van der Waals surface area contributed by atoms with Crippen LogP contribution in [0.3, 0.4) is 0 Å². The molecule has 1 atom stereocenters. The van der Waals surface area contributed by atoms with Gasteiger partial charge in [-0.3, -0.25) is 19.6 Å². The topological polar surface area (TPSA) is 129 Å². The predicted molar refractivity (Wildman–Crippen MR) is 126 cm³/mol. The Morgan fingerprint density at radius 1 is 1.15 bits per heavy atom. The first-order chi connectivity index (χ1) is 16.1. The zero-order chi connectivity index (χ0) is 25.0. The van der Waals surface area contributed by atoms with Crippen LogP contribution in [0, 0.1) is 30.9 Å². The molecule has 0 saturated carbocycles. The molecule has 10 heteroatoms. The second-order valence-electron chi connectivity index (χ2n) is 7.83. The third-order valence-electron chi connectivity index (χ3n) is 5.28. The highest BCUT2D eigenvalue weighted by Gasteiger charge is 2.27. The number of amides is 1. The highest BCUT2D eigenvalue weighted by Crippen LogP contribution is 2.25. The number of rotatable bonds is 7. The summed E-state index contributed by atoms with van der Waals surface area (Å²) in [6, 6.07) is 13.1. The van der Waals surface area contributed by atoms with Crippen LogP contribution in [0.5, 0.6) is 5.75 Å². The Morgan fingerprint density at radius 3 is 2.50 bits per heavy atom. The monoisotopic (exact) mass is 463 g/mol. The number of para-hydroxylation sites is 1. The molecule has 0 aliphatic rings. The lowest BCUT2D eigenvalue weighted by Gasteiger charge is -2.13. The molecule has 2 aromatic carbocycles. The standard InChI is InChI=1S/C24H25N5O5/c1-14-9-8-10-19(13-14)24(31)34-21-12-7-6-11-20(21)15(2)25-26-23(30)18(5)28-17(4)22(29(32)33)16(3)27-28/h6-13,18H,1-5H3,(H,26,30)/b25-15+. The molecular formula is C24H25N5O5. The number of benzene rings is 2. The Balaban J connectivity index is 1.77. The lowest BCUT2D eigenvalue weighted by Crippen LogP contribution is -2.29. The molecule has 0 aliphatic heterocycles. The van der Waals surface area contributed by atoms with Crippen molar-refractivity contribution in [2.75, 3.05) is 0 Å². The number of esters is 1. The highest BCUT2D eigenvalue weighted by atomic mass is 16.6. The number of nitrogens with one attached hydrogen (secondary N) is 1. The van der Waals surface area contributed by atoms with Crippen LogP contribution < -0.4 is 10.2 Å². The maximum atomic E-state index is 12.7. The second kappa shape index (κ2) is 10.1. The number of aryl methyl sites for hydroxylation is 2. The van der Waals surface area contributed by atoms with Crippen molar-refractivity contribution in [3.05, 3.63) is 86.7 Å². The molecule has 0 bridgehead atoms. The van der Waals surface area contributed by atoms with Crippen LogP contribution in [0.1, 0.15) is 52.8 Å². The maximum Gasteiger partial charge on any atom is 0.343 e. The van der Waals surface area contributed by atoms with E-state index in [-0.39, 0.29) is 17.1 Å². The van der Waals surface area contributed by atoms with Crippen molar-refractivity contribution in [2.24, 2.45) is 5.10 Å². The van der Waals surface area contributed by atoms with Crippen molar-refractivity contribution in [3.63, 3.8) is 0 Å². The first-order valence-corrected chi connectivity index (χ1v) is 10.5. The van der Waals surface area contributed by atoms with Gasteiger partial charge >= 0.3 is 11.7 Å². The fourth-order valence-electron chi connectivity index (χ4n) is 3.48. The largest absolute Gasteiger partial charge is 0.422 e. The molecule has 1 unspecified atom stereocenters. The normalized spacial score (nSPS) is 12.2. The summed E-state index contributed by atoms with van der Waals surface area (Å²) in [5, 5.41) is 19.5. The average molecular weight is 463 g/mol. The quantitative estimate of drug-likeness (QED) is 0.185. The Kier molecular flexibility index (Phi) is 7.20. The van der Waals surface area contributed by atoms with E-state index in [2.05, 4.69) is 15.6 Å². The summed E-state index contributed by atoms with van der Waals surface area (Å²) in [5.41, 5.74) is 5.14. The number of hydrazone groups is 1. The lowest BCUT2D eigenvalue weighted by molar-refractivity contribution is -0.386. The van der Waals surface area contributed by atoms with Gasteiger partial charge in [-0.05, 0) is 58.9 Å². The number of nitro groups is 1. The van der Waals surface area contributed by atoms with Crippen molar-refractivity contribution in [2.45, 2.75) is 40.7 Å². The summed E-state index contributed by atoms with van der Waals surface area (Å²) in [6.45, 7) is 8.17. The van der Waals surface area contributed by atoms with Crippen molar-refractivity contribution >= 4 is 23.3 Å². The number of nitrogens with zero attached hydrogens (tertiary/aromatic N) is 4. The van der Waals surface area contributed by atoms with Gasteiger partial charge in [-0.25, -0.2) is 10.2 Å². The van der Waals surface area contributed by atoms with Crippen LogP contribution in [-0.2, 0) is 4.79 Å². The number of ether oxygens (including phenoxy) is 1. The Hall–Kier alpha value is -4.34. The fraction of sp³-hybridized carbons (Fsp3) is 0.250. The van der Waals surface area contributed by atoms with Crippen LogP contribution in [0.4, 0.5) is 5.69 Å². The van der Waals surface area contributed by atoms with Crippen molar-refractivity contribution < 1.29 is 19.2 Å². The molecule has 1 heterocycles. The Labute approximate surface area is 196 Å². The molecule has 1 amide bonds. The molecule has 1 N–H and O–H groups in total. The fourth-order valence-corrected chi connectivity index (χ4v) is 3.48. The molecule has 3 rings (SSSR count). The lowest BCUT2D eigenvalue weighted by atomic mass is 10.1. The van der Waals surface area contributed by atoms with Crippen molar-refractivity contribution in [1.29, 1.82) is 0 Å². The van der Waals surface area contributed by atoms with Crippen LogP contribution >= 0.6 is 0 Å². The third-order valence-corrected chi connectivity index (χ3v) is 5.28. The van der Waals surface area contributed by atoms with E-state index in [9.17, 15) is 19.7 Å². The summed E-state index contributed by atoms with van der Waals surface area (Å²) in [7, 11) is 0. The van der Waals surface area contributed by atoms with E-state index < -0.39 is 22.8 Å². The van der Waals surface area contributed by atoms with Gasteiger partial charge in [0.25, 0.3) is 5.91 Å². The van der Waals surface area contributed by atoms with E-state index in [1.54, 1.807) is 56.3 Å². The SMILES string of the molecule is C/C(=N\NC(=O)C(C)n1nc(C)c([N+](=O)[O-])c1C)c1ccccc1OC(=O)c1cccc(C)c1. The second-order valence-corrected chi connectivity index (χ2v) is 7.83.